The van der Waals surface area contributed by atoms with E-state index in [9.17, 15) is 39.6 Å². The third kappa shape index (κ3) is 9.57. The minimum atomic E-state index is -2.11. The normalized spacial score (nSPS) is 25.2. The fraction of sp³-hybridized carbons (Fsp3) is 0.442. The van der Waals surface area contributed by atoms with E-state index < -0.39 is 78.3 Å². The quantitative estimate of drug-likeness (QED) is 0.0490. The summed E-state index contributed by atoms with van der Waals surface area (Å²) >= 11 is 0. The number of carbonyl (C=O) groups excluding carboxylic acids is 4. The summed E-state index contributed by atoms with van der Waals surface area (Å²) in [5.41, 5.74) is -1.17. The first-order valence-electron chi connectivity index (χ1n) is 19.3. The van der Waals surface area contributed by atoms with E-state index in [4.69, 9.17) is 33.2 Å². The molecule has 3 aromatic carbocycles. The Morgan fingerprint density at radius 1 is 0.833 bits per heavy atom. The van der Waals surface area contributed by atoms with Gasteiger partial charge in [0.2, 0.25) is 17.4 Å². The van der Waals surface area contributed by atoms with E-state index in [0.29, 0.717) is 24.2 Å². The Morgan fingerprint density at radius 2 is 1.50 bits per heavy atom. The molecule has 1 saturated heterocycles. The average molecular weight is 837 g/mol. The van der Waals surface area contributed by atoms with Crippen LogP contribution in [0, 0.1) is 5.92 Å². The zero-order chi connectivity index (χ0) is 43.6. The van der Waals surface area contributed by atoms with Crippen molar-refractivity contribution in [2.24, 2.45) is 5.92 Å². The van der Waals surface area contributed by atoms with Crippen molar-refractivity contribution in [3.05, 3.63) is 95.1 Å². The molecular weight excluding hydrogens is 784 g/mol. The van der Waals surface area contributed by atoms with Gasteiger partial charge in [0.1, 0.15) is 58.9 Å². The van der Waals surface area contributed by atoms with Crippen LogP contribution in [0.25, 0.3) is 0 Å². The number of aliphatic hydroxyl groups excluding tert-OH is 4. The van der Waals surface area contributed by atoms with E-state index in [-0.39, 0.29) is 53.6 Å². The summed E-state index contributed by atoms with van der Waals surface area (Å²) in [5, 5.41) is 45.1. The Bertz CT molecular complexity index is 1990. The van der Waals surface area contributed by atoms with Crippen molar-refractivity contribution >= 4 is 23.6 Å². The third-order valence-corrected chi connectivity index (χ3v) is 10.6. The first-order valence-corrected chi connectivity index (χ1v) is 19.3. The maximum atomic E-state index is 14.9. The number of hydrogen-bond acceptors (Lipinski definition) is 15. The zero-order valence-corrected chi connectivity index (χ0v) is 34.0. The lowest BCUT2D eigenvalue weighted by atomic mass is 9.68. The number of ether oxygens (including phenoxy) is 7. The number of ketones is 1. The molecule has 8 atom stereocenters. The molecule has 60 heavy (non-hydrogen) atoms. The third-order valence-electron chi connectivity index (χ3n) is 10.6. The number of hydrogen-bond donors (Lipinski definition) is 6. The van der Waals surface area contributed by atoms with E-state index in [1.807, 2.05) is 0 Å². The SMILES string of the molecule is COC(=O)C1(c2ccc(OC)cc2)Oc2cc(OC)cc(OC)c2C(=O)[C@H](C(=O)NCCCCNC(=O)/C(C)=C/CO[C@@H]2O[C@H](CO)[C@@H](O)[C@H](O)[C@H]2O)[C@H]1c1ccccc1. The highest BCUT2D eigenvalue weighted by Gasteiger charge is 2.60. The Kier molecular flexibility index (Phi) is 15.6. The van der Waals surface area contributed by atoms with Crippen LogP contribution in [0.5, 0.6) is 23.0 Å². The molecule has 324 valence electrons. The lowest BCUT2D eigenvalue weighted by Gasteiger charge is -2.40. The Balaban J connectivity index is 1.35. The maximum absolute atomic E-state index is 14.9. The molecule has 17 heteroatoms. The molecule has 5 rings (SSSR count). The highest BCUT2D eigenvalue weighted by atomic mass is 16.7. The van der Waals surface area contributed by atoms with E-state index in [2.05, 4.69) is 10.6 Å². The number of carbonyl (C=O) groups is 4. The van der Waals surface area contributed by atoms with Crippen molar-refractivity contribution in [1.29, 1.82) is 0 Å². The van der Waals surface area contributed by atoms with Crippen LogP contribution in [0.15, 0.2) is 78.4 Å². The number of aliphatic hydroxyl groups is 4. The number of amides is 2. The van der Waals surface area contributed by atoms with Crippen LogP contribution in [-0.4, -0.2) is 129 Å². The fourth-order valence-corrected chi connectivity index (χ4v) is 7.30. The number of Topliss-reactive ketones (excluding diaryl/α,β-unsaturated/α-hetero) is 1. The predicted molar refractivity (Wildman–Crippen MR) is 213 cm³/mol. The monoisotopic (exact) mass is 836 g/mol. The number of fused-ring (bicyclic) bond motifs is 1. The number of methoxy groups -OCH3 is 4. The molecule has 6 N–H and O–H groups in total. The molecule has 0 aromatic heterocycles. The summed E-state index contributed by atoms with van der Waals surface area (Å²) in [5.74, 6) is -4.72. The minimum absolute atomic E-state index is 0.0609. The Hall–Kier alpha value is -5.56. The van der Waals surface area contributed by atoms with Crippen LogP contribution in [0.3, 0.4) is 0 Å². The maximum Gasteiger partial charge on any atom is 0.355 e. The van der Waals surface area contributed by atoms with Gasteiger partial charge in [-0.15, -0.1) is 0 Å². The molecule has 1 fully saturated rings. The Labute approximate surface area is 347 Å². The second kappa shape index (κ2) is 20.6. The van der Waals surface area contributed by atoms with Crippen LogP contribution in [0.4, 0.5) is 0 Å². The summed E-state index contributed by atoms with van der Waals surface area (Å²) in [6.07, 6.45) is -4.90. The minimum Gasteiger partial charge on any atom is -0.497 e. The highest BCUT2D eigenvalue weighted by molar-refractivity contribution is 6.15. The van der Waals surface area contributed by atoms with Crippen LogP contribution in [-0.2, 0) is 34.2 Å². The van der Waals surface area contributed by atoms with Crippen LogP contribution < -0.4 is 29.6 Å². The Morgan fingerprint density at radius 3 is 2.12 bits per heavy atom. The summed E-state index contributed by atoms with van der Waals surface area (Å²) in [6, 6.07) is 18.1. The molecule has 0 aliphatic carbocycles. The van der Waals surface area contributed by atoms with Gasteiger partial charge in [-0.2, -0.15) is 0 Å². The molecule has 1 unspecified atom stereocenters. The van der Waals surface area contributed by atoms with Crippen molar-refractivity contribution in [2.45, 2.75) is 62.0 Å². The zero-order valence-electron chi connectivity index (χ0n) is 34.0. The predicted octanol–water partition coefficient (Wildman–Crippen LogP) is 1.53. The second-order valence-electron chi connectivity index (χ2n) is 14.2. The molecular formula is C43H52N2O15. The molecule has 0 spiro atoms. The van der Waals surface area contributed by atoms with Gasteiger partial charge in [0.25, 0.3) is 0 Å². The number of benzene rings is 3. The lowest BCUT2D eigenvalue weighted by Crippen LogP contribution is -2.59. The van der Waals surface area contributed by atoms with Crippen molar-refractivity contribution < 1.29 is 72.8 Å². The van der Waals surface area contributed by atoms with Crippen LogP contribution >= 0.6 is 0 Å². The molecule has 0 radical (unpaired) electrons. The summed E-state index contributed by atoms with van der Waals surface area (Å²) in [4.78, 5) is 56.7. The van der Waals surface area contributed by atoms with Gasteiger partial charge >= 0.3 is 5.97 Å². The first-order chi connectivity index (χ1) is 28.9. The van der Waals surface area contributed by atoms with Gasteiger partial charge in [-0.05, 0) is 37.5 Å². The summed E-state index contributed by atoms with van der Waals surface area (Å²) < 4.78 is 39.5. The van der Waals surface area contributed by atoms with Gasteiger partial charge in [-0.3, -0.25) is 14.4 Å². The van der Waals surface area contributed by atoms with Crippen molar-refractivity contribution in [1.82, 2.24) is 10.6 Å². The van der Waals surface area contributed by atoms with Crippen molar-refractivity contribution in [2.75, 3.05) is 54.7 Å². The van der Waals surface area contributed by atoms with Crippen molar-refractivity contribution in [3.63, 3.8) is 0 Å². The van der Waals surface area contributed by atoms with Gasteiger partial charge < -0.3 is 64.2 Å². The highest BCUT2D eigenvalue weighted by Crippen LogP contribution is 2.53. The lowest BCUT2D eigenvalue weighted by molar-refractivity contribution is -0.298. The average Bonchev–Trinajstić information content (AvgIpc) is 3.39. The van der Waals surface area contributed by atoms with Gasteiger partial charge in [-0.25, -0.2) is 4.79 Å². The standard InChI is InChI=1S/C43H52N2O15/c1-24(17-20-58-41-38(50)37(49)35(47)31(23-46)59-41)39(51)44-18-9-10-19-45-40(52)33-34(25-11-7-6-8-12-25)43(42(53)57-5,26-13-15-27(54-2)16-14-26)60-30-22-28(55-3)21-29(56-4)32(30)36(33)48/h6-8,11-17,21-22,31,33-35,37-38,41,46-47,49-50H,9-10,18-20,23H2,1-5H3,(H,44,51)(H,45,52)/b24-17+/t31-,33-,34-,35-,37+,38-,41-,43?/m1/s1. The molecule has 2 aliphatic heterocycles. The number of esters is 1. The molecule has 0 bridgehead atoms. The summed E-state index contributed by atoms with van der Waals surface area (Å²) in [6.45, 7) is 1.09. The van der Waals surface area contributed by atoms with Gasteiger partial charge in [-0.1, -0.05) is 48.5 Å². The molecule has 2 amide bonds. The molecule has 2 heterocycles. The smallest absolute Gasteiger partial charge is 0.355 e. The number of nitrogens with one attached hydrogen (secondary N) is 2. The second-order valence-corrected chi connectivity index (χ2v) is 14.2. The molecule has 0 saturated carbocycles. The van der Waals surface area contributed by atoms with E-state index in [1.165, 1.54) is 46.6 Å². The molecule has 17 nitrogen and oxygen atoms in total. The van der Waals surface area contributed by atoms with E-state index in [0.717, 1.165) is 0 Å². The number of rotatable bonds is 17. The van der Waals surface area contributed by atoms with Gasteiger partial charge in [0.15, 0.2) is 12.1 Å². The fourth-order valence-electron chi connectivity index (χ4n) is 7.30. The number of unbranched alkanes of at least 4 members (excludes halogenated alkanes) is 1. The largest absolute Gasteiger partial charge is 0.497 e. The molecule has 3 aromatic rings. The van der Waals surface area contributed by atoms with Gasteiger partial charge in [0, 0.05) is 36.4 Å². The van der Waals surface area contributed by atoms with Crippen molar-refractivity contribution in [3.8, 4) is 23.0 Å². The summed E-state index contributed by atoms with van der Waals surface area (Å²) in [7, 11) is 5.48. The first kappa shape index (κ1) is 45.5. The van der Waals surface area contributed by atoms with Crippen LogP contribution in [0.1, 0.15) is 47.2 Å². The topological polar surface area (TPSA) is 238 Å². The van der Waals surface area contributed by atoms with E-state index >= 15 is 0 Å². The van der Waals surface area contributed by atoms with Gasteiger partial charge in [0.05, 0.1) is 47.6 Å². The molecule has 2 aliphatic rings. The van der Waals surface area contributed by atoms with Crippen LogP contribution in [0.2, 0.25) is 0 Å². The van der Waals surface area contributed by atoms with E-state index in [1.54, 1.807) is 61.5 Å².